The molecule has 0 aromatic heterocycles. The van der Waals surface area contributed by atoms with E-state index < -0.39 is 15.7 Å². The van der Waals surface area contributed by atoms with Crippen LogP contribution in [0, 0.1) is 5.41 Å². The summed E-state index contributed by atoms with van der Waals surface area (Å²) in [6.07, 6.45) is 2.62. The third-order valence-corrected chi connectivity index (χ3v) is 5.97. The van der Waals surface area contributed by atoms with Crippen LogP contribution in [-0.4, -0.2) is 36.4 Å². The number of hydrogen-bond donors (Lipinski definition) is 1. The Kier molecular flexibility index (Phi) is 4.43. The van der Waals surface area contributed by atoms with Gasteiger partial charge in [-0.15, -0.1) is 23.2 Å². The lowest BCUT2D eigenvalue weighted by Gasteiger charge is -2.23. The van der Waals surface area contributed by atoms with Gasteiger partial charge in [-0.1, -0.05) is 0 Å². The van der Waals surface area contributed by atoms with Gasteiger partial charge in [0, 0.05) is 13.1 Å². The van der Waals surface area contributed by atoms with Gasteiger partial charge in [0.1, 0.15) is 4.33 Å². The third kappa shape index (κ3) is 2.95. The third-order valence-electron chi connectivity index (χ3n) is 4.87. The van der Waals surface area contributed by atoms with E-state index in [1.807, 2.05) is 6.07 Å². The molecule has 1 heterocycles. The molecular weight excluding hydrogens is 351 g/mol. The Morgan fingerprint density at radius 1 is 1.25 bits per heavy atom. The average Bonchev–Trinajstić information content (AvgIpc) is 2.94. The molecule has 0 bridgehead atoms. The number of nitrogens with zero attached hydrogens (tertiary/aromatic N) is 1. The number of halogens is 2. The second kappa shape index (κ2) is 6.12. The zero-order valence-corrected chi connectivity index (χ0v) is 15.2. The van der Waals surface area contributed by atoms with Gasteiger partial charge in [-0.3, -0.25) is 4.79 Å². The maximum Gasteiger partial charge on any atom is 0.337 e. The van der Waals surface area contributed by atoms with E-state index in [-0.39, 0.29) is 5.91 Å². The van der Waals surface area contributed by atoms with Crippen LogP contribution in [0.3, 0.4) is 0 Å². The minimum Gasteiger partial charge on any atom is -0.465 e. The van der Waals surface area contributed by atoms with E-state index in [4.69, 9.17) is 27.9 Å². The van der Waals surface area contributed by atoms with Gasteiger partial charge >= 0.3 is 5.97 Å². The lowest BCUT2D eigenvalue weighted by atomic mass is 10.1. The summed E-state index contributed by atoms with van der Waals surface area (Å²) < 4.78 is 3.73. The molecule has 24 heavy (non-hydrogen) atoms. The van der Waals surface area contributed by atoms with E-state index in [9.17, 15) is 9.59 Å². The average molecular weight is 371 g/mol. The molecule has 1 saturated carbocycles. The van der Waals surface area contributed by atoms with E-state index in [1.165, 1.54) is 7.11 Å². The number of ether oxygens (including phenoxy) is 1. The highest BCUT2D eigenvalue weighted by molar-refractivity contribution is 6.53. The van der Waals surface area contributed by atoms with Gasteiger partial charge in [0.15, 0.2) is 0 Å². The summed E-state index contributed by atoms with van der Waals surface area (Å²) in [7, 11) is 1.33. The molecule has 0 spiro atoms. The normalized spacial score (nSPS) is 24.6. The Bertz CT molecular complexity index is 686. The van der Waals surface area contributed by atoms with Crippen LogP contribution in [0.15, 0.2) is 18.2 Å². The molecule has 2 fully saturated rings. The van der Waals surface area contributed by atoms with Crippen molar-refractivity contribution in [3.05, 3.63) is 23.8 Å². The van der Waals surface area contributed by atoms with E-state index in [0.29, 0.717) is 17.7 Å². The number of rotatable bonds is 4. The van der Waals surface area contributed by atoms with Crippen LogP contribution in [0.4, 0.5) is 11.4 Å². The lowest BCUT2D eigenvalue weighted by molar-refractivity contribution is -0.120. The fourth-order valence-electron chi connectivity index (χ4n) is 3.02. The Balaban J connectivity index is 1.91. The van der Waals surface area contributed by atoms with E-state index >= 15 is 0 Å². The molecule has 1 unspecified atom stereocenters. The summed E-state index contributed by atoms with van der Waals surface area (Å²) >= 11 is 12.2. The van der Waals surface area contributed by atoms with E-state index in [2.05, 4.69) is 10.2 Å². The molecule has 1 N–H and O–H groups in total. The molecule has 1 aliphatic carbocycles. The number of esters is 1. The summed E-state index contributed by atoms with van der Waals surface area (Å²) in [5.41, 5.74) is 1.05. The predicted molar refractivity (Wildman–Crippen MR) is 95.0 cm³/mol. The Labute approximate surface area is 151 Å². The molecule has 1 aromatic carbocycles. The van der Waals surface area contributed by atoms with Crippen molar-refractivity contribution in [3.8, 4) is 0 Å². The molecule has 7 heteroatoms. The van der Waals surface area contributed by atoms with Crippen molar-refractivity contribution < 1.29 is 14.3 Å². The van der Waals surface area contributed by atoms with Crippen molar-refractivity contribution in [3.63, 3.8) is 0 Å². The number of carbonyl (C=O) groups is 2. The summed E-state index contributed by atoms with van der Waals surface area (Å²) in [5.74, 6) is -0.685. The number of benzene rings is 1. The van der Waals surface area contributed by atoms with Crippen LogP contribution >= 0.6 is 23.2 Å². The maximum atomic E-state index is 12.6. The first-order valence-electron chi connectivity index (χ1n) is 7.95. The summed E-state index contributed by atoms with van der Waals surface area (Å²) in [5, 5.41) is 2.91. The maximum absolute atomic E-state index is 12.6. The number of anilines is 2. The van der Waals surface area contributed by atoms with E-state index in [1.54, 1.807) is 19.1 Å². The first-order valence-corrected chi connectivity index (χ1v) is 8.71. The number of methoxy groups -OCH3 is 1. The second-order valence-electron chi connectivity index (χ2n) is 6.59. The summed E-state index contributed by atoms with van der Waals surface area (Å²) in [4.78, 5) is 26.6. The quantitative estimate of drug-likeness (QED) is 0.649. The lowest BCUT2D eigenvalue weighted by Crippen LogP contribution is -2.28. The highest BCUT2D eigenvalue weighted by atomic mass is 35.5. The van der Waals surface area contributed by atoms with Gasteiger partial charge in [-0.25, -0.2) is 4.79 Å². The SMILES string of the molecule is COC(=O)c1ccc(N2CCCC2)c(NC(=O)C2(C)CC2(Cl)Cl)c1. The van der Waals surface area contributed by atoms with Gasteiger partial charge in [0.2, 0.25) is 5.91 Å². The summed E-state index contributed by atoms with van der Waals surface area (Å²) in [6, 6.07) is 5.20. The number of carbonyl (C=O) groups excluding carboxylic acids is 2. The van der Waals surface area contributed by atoms with Gasteiger partial charge in [-0.05, 0) is 44.4 Å². The first kappa shape index (κ1) is 17.4. The predicted octanol–water partition coefficient (Wildman–Crippen LogP) is 3.60. The zero-order chi connectivity index (χ0) is 17.5. The van der Waals surface area contributed by atoms with Crippen LogP contribution in [0.2, 0.25) is 0 Å². The van der Waals surface area contributed by atoms with Crippen molar-refractivity contribution in [2.75, 3.05) is 30.4 Å². The minimum atomic E-state index is -1.04. The molecule has 3 rings (SSSR count). The molecule has 1 aromatic rings. The van der Waals surface area contributed by atoms with Gasteiger partial charge in [0.25, 0.3) is 0 Å². The summed E-state index contributed by atoms with van der Waals surface area (Å²) in [6.45, 7) is 3.58. The smallest absolute Gasteiger partial charge is 0.337 e. The number of amides is 1. The number of nitrogens with one attached hydrogen (secondary N) is 1. The molecular formula is C17H20Cl2N2O3. The van der Waals surface area contributed by atoms with Gasteiger partial charge in [0.05, 0.1) is 29.5 Å². The molecule has 5 nitrogen and oxygen atoms in total. The zero-order valence-electron chi connectivity index (χ0n) is 13.7. The molecule has 1 saturated heterocycles. The van der Waals surface area contributed by atoms with Crippen molar-refractivity contribution in [1.82, 2.24) is 0 Å². The highest BCUT2D eigenvalue weighted by Gasteiger charge is 2.68. The van der Waals surface area contributed by atoms with Crippen LogP contribution in [0.25, 0.3) is 0 Å². The molecule has 1 aliphatic heterocycles. The second-order valence-corrected chi connectivity index (χ2v) is 8.07. The van der Waals surface area contributed by atoms with Crippen molar-refractivity contribution in [2.45, 2.75) is 30.5 Å². The largest absolute Gasteiger partial charge is 0.465 e. The molecule has 1 atom stereocenters. The van der Waals surface area contributed by atoms with Gasteiger partial charge in [-0.2, -0.15) is 0 Å². The molecule has 2 aliphatic rings. The van der Waals surface area contributed by atoms with Crippen LogP contribution in [0.1, 0.15) is 36.5 Å². The van der Waals surface area contributed by atoms with Crippen LogP contribution in [0.5, 0.6) is 0 Å². The van der Waals surface area contributed by atoms with E-state index in [0.717, 1.165) is 31.6 Å². The number of alkyl halides is 2. The fourth-order valence-corrected chi connectivity index (χ4v) is 3.73. The van der Waals surface area contributed by atoms with Gasteiger partial charge < -0.3 is 15.0 Å². The van der Waals surface area contributed by atoms with Crippen LogP contribution < -0.4 is 10.2 Å². The Morgan fingerprint density at radius 2 is 1.88 bits per heavy atom. The fraction of sp³-hybridized carbons (Fsp3) is 0.529. The number of hydrogen-bond acceptors (Lipinski definition) is 4. The minimum absolute atomic E-state index is 0.241. The van der Waals surface area contributed by atoms with Crippen LogP contribution in [-0.2, 0) is 9.53 Å². The molecule has 130 valence electrons. The van der Waals surface area contributed by atoms with Crippen molar-refractivity contribution >= 4 is 46.5 Å². The first-order chi connectivity index (χ1) is 11.3. The molecule has 0 radical (unpaired) electrons. The standard InChI is InChI=1S/C17H20Cl2N2O3/c1-16(10-17(16,18)19)15(23)20-12-9-11(14(22)24-2)5-6-13(12)21-7-3-4-8-21/h5-6,9H,3-4,7-8,10H2,1-2H3,(H,20,23). The highest BCUT2D eigenvalue weighted by Crippen LogP contribution is 2.64. The molecule has 1 amide bonds. The van der Waals surface area contributed by atoms with Crippen molar-refractivity contribution in [2.24, 2.45) is 5.41 Å². The monoisotopic (exact) mass is 370 g/mol. The topological polar surface area (TPSA) is 58.6 Å². The Hall–Kier alpha value is -1.46. The Morgan fingerprint density at radius 3 is 2.42 bits per heavy atom. The van der Waals surface area contributed by atoms with Crippen molar-refractivity contribution in [1.29, 1.82) is 0 Å².